The van der Waals surface area contributed by atoms with E-state index >= 15 is 0 Å². The second-order valence-electron chi connectivity index (χ2n) is 4.11. The number of halogens is 1. The molecule has 0 amide bonds. The van der Waals surface area contributed by atoms with E-state index in [4.69, 9.17) is 5.73 Å². The fraction of sp³-hybridized carbons (Fsp3) is 0.545. The van der Waals surface area contributed by atoms with Crippen molar-refractivity contribution in [2.75, 3.05) is 6.54 Å². The average Bonchev–Trinajstić information content (AvgIpc) is 2.59. The summed E-state index contributed by atoms with van der Waals surface area (Å²) in [6.07, 6.45) is 4.03. The lowest BCUT2D eigenvalue weighted by Crippen LogP contribution is -2.37. The number of hydrogen-bond acceptors (Lipinski definition) is 2. The van der Waals surface area contributed by atoms with Crippen LogP contribution in [-0.2, 0) is 6.54 Å². The van der Waals surface area contributed by atoms with Crippen molar-refractivity contribution in [1.29, 1.82) is 0 Å². The predicted octanol–water partition coefficient (Wildman–Crippen LogP) is 2.72. The van der Waals surface area contributed by atoms with Gasteiger partial charge in [-0.15, -0.1) is 11.3 Å². The summed E-state index contributed by atoms with van der Waals surface area (Å²) in [6, 6.07) is 2.08. The molecule has 1 aliphatic carbocycles. The largest absolute Gasteiger partial charge is 0.370 e. The summed E-state index contributed by atoms with van der Waals surface area (Å²) < 4.78 is 1.11. The Bertz CT molecular complexity index is 371. The molecule has 0 radical (unpaired) electrons. The van der Waals surface area contributed by atoms with Crippen LogP contribution in [0.1, 0.15) is 24.1 Å². The monoisotopic (exact) mass is 301 g/mol. The highest BCUT2D eigenvalue weighted by atomic mass is 79.9. The summed E-state index contributed by atoms with van der Waals surface area (Å²) in [5.74, 6) is 1.38. The van der Waals surface area contributed by atoms with Crippen LogP contribution < -0.4 is 11.1 Å². The van der Waals surface area contributed by atoms with Crippen LogP contribution in [0.2, 0.25) is 0 Å². The van der Waals surface area contributed by atoms with Crippen LogP contribution in [0.3, 0.4) is 0 Å². The highest BCUT2D eigenvalue weighted by molar-refractivity contribution is 9.10. The van der Waals surface area contributed by atoms with Crippen LogP contribution in [0.15, 0.2) is 20.9 Å². The molecule has 1 aromatic rings. The van der Waals surface area contributed by atoms with E-state index in [9.17, 15) is 0 Å². The van der Waals surface area contributed by atoms with Gasteiger partial charge in [0.25, 0.3) is 0 Å². The van der Waals surface area contributed by atoms with Gasteiger partial charge in [-0.05, 0) is 40.8 Å². The first-order chi connectivity index (χ1) is 7.74. The van der Waals surface area contributed by atoms with Gasteiger partial charge in [0, 0.05) is 21.3 Å². The zero-order valence-electron chi connectivity index (χ0n) is 9.08. The standard InChI is InChI=1S/C11H16BrN3S/c12-9-4-10(16-7-9)6-15-11(13)14-5-8-2-1-3-8/h4,7-8H,1-3,5-6H2,(H3,13,14,15). The Morgan fingerprint density at radius 2 is 2.44 bits per heavy atom. The van der Waals surface area contributed by atoms with Crippen molar-refractivity contribution >= 4 is 33.2 Å². The minimum absolute atomic E-state index is 0.566. The summed E-state index contributed by atoms with van der Waals surface area (Å²) in [4.78, 5) is 5.53. The Morgan fingerprint density at radius 3 is 3.00 bits per heavy atom. The quantitative estimate of drug-likeness (QED) is 0.664. The molecule has 0 aromatic carbocycles. The molecule has 16 heavy (non-hydrogen) atoms. The summed E-state index contributed by atoms with van der Waals surface area (Å²) in [5, 5.41) is 5.24. The van der Waals surface area contributed by atoms with Gasteiger partial charge in [0.05, 0.1) is 6.54 Å². The van der Waals surface area contributed by atoms with E-state index in [-0.39, 0.29) is 0 Å². The molecular weight excluding hydrogens is 286 g/mol. The molecule has 2 rings (SSSR count). The SMILES string of the molecule is NC(=NCc1cc(Br)cs1)NCC1CCC1. The Kier molecular flexibility index (Phi) is 4.23. The normalized spacial score (nSPS) is 17.2. The topological polar surface area (TPSA) is 50.4 Å². The lowest BCUT2D eigenvalue weighted by Gasteiger charge is -2.25. The van der Waals surface area contributed by atoms with Crippen molar-refractivity contribution in [1.82, 2.24) is 5.32 Å². The molecule has 1 fully saturated rings. The maximum absolute atomic E-state index is 5.79. The first-order valence-electron chi connectivity index (χ1n) is 5.51. The van der Waals surface area contributed by atoms with Gasteiger partial charge in [0.2, 0.25) is 0 Å². The van der Waals surface area contributed by atoms with E-state index in [1.54, 1.807) is 11.3 Å². The Hall–Kier alpha value is -0.550. The zero-order chi connectivity index (χ0) is 11.4. The molecule has 0 saturated heterocycles. The molecule has 0 atom stereocenters. The Balaban J connectivity index is 1.73. The van der Waals surface area contributed by atoms with Crippen molar-refractivity contribution < 1.29 is 0 Å². The van der Waals surface area contributed by atoms with E-state index in [0.717, 1.165) is 16.9 Å². The molecule has 0 aliphatic heterocycles. The minimum Gasteiger partial charge on any atom is -0.370 e. The van der Waals surface area contributed by atoms with Crippen LogP contribution in [0.4, 0.5) is 0 Å². The third-order valence-corrected chi connectivity index (χ3v) is 4.51. The first kappa shape index (κ1) is 11.9. The number of thiophene rings is 1. The van der Waals surface area contributed by atoms with Crippen LogP contribution >= 0.6 is 27.3 Å². The molecule has 3 nitrogen and oxygen atoms in total. The van der Waals surface area contributed by atoms with Gasteiger partial charge in [0.15, 0.2) is 5.96 Å². The van der Waals surface area contributed by atoms with E-state index in [1.165, 1.54) is 24.1 Å². The number of aliphatic imine (C=N–C) groups is 1. The second-order valence-corrected chi connectivity index (χ2v) is 6.02. The fourth-order valence-corrected chi connectivity index (χ4v) is 2.98. The van der Waals surface area contributed by atoms with Crippen LogP contribution in [0.25, 0.3) is 0 Å². The molecule has 0 spiro atoms. The number of nitrogens with zero attached hydrogens (tertiary/aromatic N) is 1. The molecule has 1 heterocycles. The molecule has 1 aromatic heterocycles. The molecule has 3 N–H and O–H groups in total. The highest BCUT2D eigenvalue weighted by Gasteiger charge is 2.16. The van der Waals surface area contributed by atoms with Gasteiger partial charge in [-0.3, -0.25) is 0 Å². The van der Waals surface area contributed by atoms with Crippen molar-refractivity contribution in [2.24, 2.45) is 16.6 Å². The first-order valence-corrected chi connectivity index (χ1v) is 7.18. The average molecular weight is 302 g/mol. The van der Waals surface area contributed by atoms with Crippen molar-refractivity contribution in [2.45, 2.75) is 25.8 Å². The van der Waals surface area contributed by atoms with Crippen molar-refractivity contribution in [3.63, 3.8) is 0 Å². The van der Waals surface area contributed by atoms with Crippen LogP contribution in [-0.4, -0.2) is 12.5 Å². The van der Waals surface area contributed by atoms with Gasteiger partial charge < -0.3 is 11.1 Å². The van der Waals surface area contributed by atoms with Crippen LogP contribution in [0, 0.1) is 5.92 Å². The van der Waals surface area contributed by atoms with Crippen molar-refractivity contribution in [3.8, 4) is 0 Å². The summed E-state index contributed by atoms with van der Waals surface area (Å²) in [7, 11) is 0. The number of guanidine groups is 1. The predicted molar refractivity (Wildman–Crippen MR) is 72.7 cm³/mol. The third kappa shape index (κ3) is 3.49. The smallest absolute Gasteiger partial charge is 0.188 e. The molecule has 0 bridgehead atoms. The van der Waals surface area contributed by atoms with E-state index in [1.807, 2.05) is 0 Å². The van der Waals surface area contributed by atoms with E-state index < -0.39 is 0 Å². The van der Waals surface area contributed by atoms with Gasteiger partial charge in [-0.1, -0.05) is 6.42 Å². The highest BCUT2D eigenvalue weighted by Crippen LogP contribution is 2.25. The molecule has 0 unspecified atom stereocenters. The maximum Gasteiger partial charge on any atom is 0.188 e. The lowest BCUT2D eigenvalue weighted by molar-refractivity contribution is 0.315. The molecule has 5 heteroatoms. The minimum atomic E-state index is 0.566. The fourth-order valence-electron chi connectivity index (χ4n) is 1.60. The molecule has 88 valence electrons. The number of nitrogens with one attached hydrogen (secondary N) is 1. The van der Waals surface area contributed by atoms with Crippen LogP contribution in [0.5, 0.6) is 0 Å². The Morgan fingerprint density at radius 1 is 1.62 bits per heavy atom. The summed E-state index contributed by atoms with van der Waals surface area (Å²) >= 11 is 5.12. The van der Waals surface area contributed by atoms with Gasteiger partial charge in [0.1, 0.15) is 0 Å². The molecular formula is C11H16BrN3S. The number of nitrogens with two attached hydrogens (primary N) is 1. The van der Waals surface area contributed by atoms with Gasteiger partial charge >= 0.3 is 0 Å². The third-order valence-electron chi connectivity index (χ3n) is 2.82. The zero-order valence-corrected chi connectivity index (χ0v) is 11.5. The Labute approximate surface area is 108 Å². The summed E-state index contributed by atoms with van der Waals surface area (Å²) in [5.41, 5.74) is 5.79. The van der Waals surface area contributed by atoms with Gasteiger partial charge in [-0.25, -0.2) is 4.99 Å². The van der Waals surface area contributed by atoms with E-state index in [0.29, 0.717) is 12.5 Å². The maximum atomic E-state index is 5.79. The second kappa shape index (κ2) is 5.68. The van der Waals surface area contributed by atoms with Gasteiger partial charge in [-0.2, -0.15) is 0 Å². The lowest BCUT2D eigenvalue weighted by atomic mass is 9.85. The summed E-state index contributed by atoms with van der Waals surface area (Å²) in [6.45, 7) is 1.64. The number of rotatable bonds is 4. The van der Waals surface area contributed by atoms with Crippen molar-refractivity contribution in [3.05, 3.63) is 20.8 Å². The molecule has 1 aliphatic rings. The number of hydrogen-bond donors (Lipinski definition) is 2. The molecule has 1 saturated carbocycles. The van der Waals surface area contributed by atoms with E-state index in [2.05, 4.69) is 37.7 Å².